The first kappa shape index (κ1) is 11.5. The number of hydrogen-bond acceptors (Lipinski definition) is 2. The molecule has 0 aromatic heterocycles. The van der Waals surface area contributed by atoms with Crippen molar-refractivity contribution in [1.82, 2.24) is 5.32 Å². The molecule has 1 amide bonds. The molecular weight excluding hydrogens is 176 g/mol. The molecular formula is C11H22N2O. The van der Waals surface area contributed by atoms with E-state index in [2.05, 4.69) is 19.2 Å². The molecule has 3 heteroatoms. The number of primary amides is 1. The Morgan fingerprint density at radius 1 is 1.43 bits per heavy atom. The van der Waals surface area contributed by atoms with Crippen LogP contribution in [0.25, 0.3) is 0 Å². The van der Waals surface area contributed by atoms with Crippen LogP contribution in [0.1, 0.15) is 40.0 Å². The highest BCUT2D eigenvalue weighted by Gasteiger charge is 2.27. The van der Waals surface area contributed by atoms with Crippen LogP contribution >= 0.6 is 0 Å². The van der Waals surface area contributed by atoms with Crippen molar-refractivity contribution in [1.29, 1.82) is 0 Å². The van der Waals surface area contributed by atoms with Gasteiger partial charge in [0.1, 0.15) is 0 Å². The second-order valence-corrected chi connectivity index (χ2v) is 4.79. The molecule has 14 heavy (non-hydrogen) atoms. The van der Waals surface area contributed by atoms with Crippen LogP contribution in [0.4, 0.5) is 0 Å². The smallest absolute Gasteiger partial charge is 0.234 e. The normalized spacial score (nSPS) is 35.2. The Morgan fingerprint density at radius 2 is 2.07 bits per heavy atom. The first-order valence-corrected chi connectivity index (χ1v) is 5.56. The fraction of sp³-hybridized carbons (Fsp3) is 0.909. The molecule has 0 bridgehead atoms. The molecule has 82 valence electrons. The quantitative estimate of drug-likeness (QED) is 0.717. The van der Waals surface area contributed by atoms with Gasteiger partial charge in [-0.2, -0.15) is 0 Å². The molecule has 4 atom stereocenters. The molecule has 1 fully saturated rings. The third-order valence-electron chi connectivity index (χ3n) is 3.35. The van der Waals surface area contributed by atoms with E-state index >= 15 is 0 Å². The van der Waals surface area contributed by atoms with E-state index in [4.69, 9.17) is 5.73 Å². The van der Waals surface area contributed by atoms with Crippen molar-refractivity contribution < 1.29 is 4.79 Å². The Kier molecular flexibility index (Phi) is 3.93. The van der Waals surface area contributed by atoms with Gasteiger partial charge in [0.15, 0.2) is 0 Å². The summed E-state index contributed by atoms with van der Waals surface area (Å²) in [6, 6.07) is 0.258. The maximum Gasteiger partial charge on any atom is 0.234 e. The summed E-state index contributed by atoms with van der Waals surface area (Å²) in [5.74, 6) is 1.17. The fourth-order valence-corrected chi connectivity index (χ4v) is 2.17. The summed E-state index contributed by atoms with van der Waals surface area (Å²) in [5.41, 5.74) is 5.23. The first-order chi connectivity index (χ1) is 6.50. The first-order valence-electron chi connectivity index (χ1n) is 5.56. The van der Waals surface area contributed by atoms with E-state index in [1.54, 1.807) is 0 Å². The summed E-state index contributed by atoms with van der Waals surface area (Å²) < 4.78 is 0. The summed E-state index contributed by atoms with van der Waals surface area (Å²) in [6.07, 6.45) is 3.73. The lowest BCUT2D eigenvalue weighted by Gasteiger charge is -2.34. The molecule has 1 aliphatic rings. The predicted molar refractivity (Wildman–Crippen MR) is 57.8 cm³/mol. The van der Waals surface area contributed by atoms with Gasteiger partial charge in [0, 0.05) is 6.04 Å². The summed E-state index contributed by atoms with van der Waals surface area (Å²) in [6.45, 7) is 6.36. The minimum atomic E-state index is -0.254. The summed E-state index contributed by atoms with van der Waals surface area (Å²) in [4.78, 5) is 10.9. The molecule has 0 spiro atoms. The van der Waals surface area contributed by atoms with Crippen molar-refractivity contribution in [2.24, 2.45) is 17.6 Å². The molecule has 0 aromatic carbocycles. The second kappa shape index (κ2) is 4.78. The average molecular weight is 198 g/mol. The molecule has 1 rings (SSSR count). The van der Waals surface area contributed by atoms with Crippen LogP contribution < -0.4 is 11.1 Å². The van der Waals surface area contributed by atoms with Gasteiger partial charge in [-0.05, 0) is 31.6 Å². The van der Waals surface area contributed by atoms with Crippen LogP contribution in [0.2, 0.25) is 0 Å². The zero-order valence-electron chi connectivity index (χ0n) is 9.42. The van der Waals surface area contributed by atoms with E-state index in [0.29, 0.717) is 12.0 Å². The Hall–Kier alpha value is -0.570. The van der Waals surface area contributed by atoms with Crippen molar-refractivity contribution in [3.05, 3.63) is 0 Å². The molecule has 0 heterocycles. The third-order valence-corrected chi connectivity index (χ3v) is 3.35. The van der Waals surface area contributed by atoms with Gasteiger partial charge in [-0.25, -0.2) is 0 Å². The SMILES string of the molecule is CC1CCC(C)C(NC(C)C(N)=O)C1. The van der Waals surface area contributed by atoms with Crippen LogP contribution in [-0.2, 0) is 4.79 Å². The molecule has 0 saturated heterocycles. The number of hydrogen-bond donors (Lipinski definition) is 2. The van der Waals surface area contributed by atoms with E-state index in [1.165, 1.54) is 19.3 Å². The van der Waals surface area contributed by atoms with E-state index in [9.17, 15) is 4.79 Å². The average Bonchev–Trinajstić information content (AvgIpc) is 2.11. The Morgan fingerprint density at radius 3 is 2.64 bits per heavy atom. The predicted octanol–water partition coefficient (Wildman–Crippen LogP) is 1.27. The minimum Gasteiger partial charge on any atom is -0.368 e. The van der Waals surface area contributed by atoms with Crippen LogP contribution in [0, 0.1) is 11.8 Å². The van der Waals surface area contributed by atoms with Crippen LogP contribution in [-0.4, -0.2) is 18.0 Å². The maximum atomic E-state index is 10.9. The molecule has 0 aliphatic heterocycles. The highest BCUT2D eigenvalue weighted by atomic mass is 16.1. The Labute approximate surface area is 86.4 Å². The van der Waals surface area contributed by atoms with Crippen molar-refractivity contribution in [3.8, 4) is 0 Å². The highest BCUT2D eigenvalue weighted by Crippen LogP contribution is 2.28. The monoisotopic (exact) mass is 198 g/mol. The molecule has 1 saturated carbocycles. The van der Waals surface area contributed by atoms with E-state index in [1.807, 2.05) is 6.92 Å². The molecule has 0 aromatic rings. The van der Waals surface area contributed by atoms with Crippen LogP contribution in [0.3, 0.4) is 0 Å². The maximum absolute atomic E-state index is 10.9. The van der Waals surface area contributed by atoms with Gasteiger partial charge < -0.3 is 11.1 Å². The molecule has 3 N–H and O–H groups in total. The Bertz CT molecular complexity index is 205. The second-order valence-electron chi connectivity index (χ2n) is 4.79. The van der Waals surface area contributed by atoms with E-state index in [-0.39, 0.29) is 11.9 Å². The molecule has 1 aliphatic carbocycles. The largest absolute Gasteiger partial charge is 0.368 e. The van der Waals surface area contributed by atoms with E-state index < -0.39 is 0 Å². The van der Waals surface area contributed by atoms with Gasteiger partial charge in [-0.15, -0.1) is 0 Å². The lowest BCUT2D eigenvalue weighted by Crippen LogP contribution is -2.48. The molecule has 3 nitrogen and oxygen atoms in total. The van der Waals surface area contributed by atoms with Crippen LogP contribution in [0.5, 0.6) is 0 Å². The van der Waals surface area contributed by atoms with Crippen molar-refractivity contribution >= 4 is 5.91 Å². The number of amides is 1. The van der Waals surface area contributed by atoms with Crippen molar-refractivity contribution in [2.45, 2.75) is 52.1 Å². The number of nitrogens with one attached hydrogen (secondary N) is 1. The zero-order chi connectivity index (χ0) is 10.7. The summed E-state index contributed by atoms with van der Waals surface area (Å²) in [7, 11) is 0. The fourth-order valence-electron chi connectivity index (χ4n) is 2.17. The van der Waals surface area contributed by atoms with Gasteiger partial charge in [-0.3, -0.25) is 4.79 Å². The van der Waals surface area contributed by atoms with Crippen molar-refractivity contribution in [2.75, 3.05) is 0 Å². The molecule has 4 unspecified atom stereocenters. The standard InChI is InChI=1S/C11H22N2O/c1-7-4-5-8(2)10(6-7)13-9(3)11(12)14/h7-10,13H,4-6H2,1-3H3,(H2,12,14). The number of rotatable bonds is 3. The van der Waals surface area contributed by atoms with Gasteiger partial charge in [0.05, 0.1) is 6.04 Å². The lowest BCUT2D eigenvalue weighted by atomic mass is 9.80. The highest BCUT2D eigenvalue weighted by molar-refractivity contribution is 5.79. The minimum absolute atomic E-state index is 0.201. The van der Waals surface area contributed by atoms with Crippen LogP contribution in [0.15, 0.2) is 0 Å². The molecule has 0 radical (unpaired) electrons. The number of carbonyl (C=O) groups excluding carboxylic acids is 1. The Balaban J connectivity index is 2.45. The van der Waals surface area contributed by atoms with Gasteiger partial charge in [-0.1, -0.05) is 20.3 Å². The number of carbonyl (C=O) groups is 1. The zero-order valence-corrected chi connectivity index (χ0v) is 9.42. The summed E-state index contributed by atoms with van der Waals surface area (Å²) in [5, 5.41) is 3.32. The van der Waals surface area contributed by atoms with Crippen molar-refractivity contribution in [3.63, 3.8) is 0 Å². The topological polar surface area (TPSA) is 55.1 Å². The van der Waals surface area contributed by atoms with Gasteiger partial charge in [0.2, 0.25) is 5.91 Å². The van der Waals surface area contributed by atoms with Gasteiger partial charge in [0.25, 0.3) is 0 Å². The summed E-state index contributed by atoms with van der Waals surface area (Å²) >= 11 is 0. The number of nitrogens with two attached hydrogens (primary N) is 1. The van der Waals surface area contributed by atoms with Gasteiger partial charge >= 0.3 is 0 Å². The van der Waals surface area contributed by atoms with E-state index in [0.717, 1.165) is 5.92 Å². The third kappa shape index (κ3) is 2.98. The lowest BCUT2D eigenvalue weighted by molar-refractivity contribution is -0.120.